The van der Waals surface area contributed by atoms with Crippen molar-refractivity contribution in [2.45, 2.75) is 6.92 Å². The summed E-state index contributed by atoms with van der Waals surface area (Å²) in [6.07, 6.45) is 0. The van der Waals surface area contributed by atoms with Gasteiger partial charge < -0.3 is 5.32 Å². The fraction of sp³-hybridized carbons (Fsp3) is 0.0714. The maximum atomic E-state index is 12.1. The van der Waals surface area contributed by atoms with Crippen molar-refractivity contribution >= 4 is 39.1 Å². The smallest absolute Gasteiger partial charge is 0.256 e. The average molecular weight is 325 g/mol. The number of anilines is 1. The monoisotopic (exact) mass is 323 g/mol. The van der Waals surface area contributed by atoms with E-state index in [9.17, 15) is 4.79 Å². The van der Waals surface area contributed by atoms with E-state index in [-0.39, 0.29) is 5.91 Å². The minimum atomic E-state index is -0.165. The minimum Gasteiger partial charge on any atom is -0.321 e. The highest BCUT2D eigenvalue weighted by Gasteiger charge is 2.11. The summed E-state index contributed by atoms with van der Waals surface area (Å²) in [4.78, 5) is 12.1. The first-order valence-corrected chi connectivity index (χ1v) is 6.57. The van der Waals surface area contributed by atoms with Crippen LogP contribution in [0, 0.1) is 6.92 Å². The van der Waals surface area contributed by atoms with Crippen LogP contribution < -0.4 is 5.32 Å². The van der Waals surface area contributed by atoms with Gasteiger partial charge in [-0.1, -0.05) is 29.8 Å². The summed E-state index contributed by atoms with van der Waals surface area (Å²) in [6, 6.07) is 12.7. The van der Waals surface area contributed by atoms with E-state index >= 15 is 0 Å². The van der Waals surface area contributed by atoms with Crippen molar-refractivity contribution in [3.63, 3.8) is 0 Å². The van der Waals surface area contributed by atoms with E-state index in [0.29, 0.717) is 10.6 Å². The van der Waals surface area contributed by atoms with Gasteiger partial charge in [-0.15, -0.1) is 0 Å². The molecule has 2 aromatic rings. The highest BCUT2D eigenvalue weighted by Crippen LogP contribution is 2.23. The van der Waals surface area contributed by atoms with Gasteiger partial charge in [0, 0.05) is 15.1 Å². The van der Waals surface area contributed by atoms with Crippen LogP contribution in [-0.2, 0) is 0 Å². The van der Waals surface area contributed by atoms with Gasteiger partial charge >= 0.3 is 0 Å². The highest BCUT2D eigenvalue weighted by molar-refractivity contribution is 9.10. The Bertz CT molecular complexity index is 598. The van der Waals surface area contributed by atoms with Crippen LogP contribution in [0.15, 0.2) is 46.9 Å². The van der Waals surface area contributed by atoms with Gasteiger partial charge in [-0.2, -0.15) is 0 Å². The standard InChI is InChI=1S/C14H11BrClNO/c1-9-6-7-10(16)8-11(9)14(18)17-13-5-3-2-4-12(13)15/h2-8H,1H3,(H,17,18). The molecule has 2 nitrogen and oxygen atoms in total. The Labute approximate surface area is 119 Å². The number of amides is 1. The largest absolute Gasteiger partial charge is 0.321 e. The average Bonchev–Trinajstić information content (AvgIpc) is 2.35. The molecule has 0 aromatic heterocycles. The third kappa shape index (κ3) is 2.92. The first-order chi connectivity index (χ1) is 8.58. The van der Waals surface area contributed by atoms with E-state index in [2.05, 4.69) is 21.2 Å². The van der Waals surface area contributed by atoms with Crippen LogP contribution >= 0.6 is 27.5 Å². The molecule has 0 unspecified atom stereocenters. The molecule has 0 aliphatic heterocycles. The lowest BCUT2D eigenvalue weighted by Gasteiger charge is -2.09. The Morgan fingerprint density at radius 1 is 1.22 bits per heavy atom. The quantitative estimate of drug-likeness (QED) is 0.855. The molecule has 0 aliphatic rings. The zero-order valence-corrected chi connectivity index (χ0v) is 12.0. The molecule has 92 valence electrons. The van der Waals surface area contributed by atoms with Crippen molar-refractivity contribution in [1.29, 1.82) is 0 Å². The first kappa shape index (κ1) is 13.1. The van der Waals surface area contributed by atoms with Crippen LogP contribution in [0.3, 0.4) is 0 Å². The lowest BCUT2D eigenvalue weighted by atomic mass is 10.1. The maximum absolute atomic E-state index is 12.1. The van der Waals surface area contributed by atoms with Crippen LogP contribution in [0.5, 0.6) is 0 Å². The molecule has 2 rings (SSSR count). The molecule has 0 heterocycles. The number of aryl methyl sites for hydroxylation is 1. The molecule has 0 radical (unpaired) electrons. The molecule has 0 atom stereocenters. The van der Waals surface area contributed by atoms with Gasteiger partial charge in [0.1, 0.15) is 0 Å². The van der Waals surface area contributed by atoms with Crippen molar-refractivity contribution in [1.82, 2.24) is 0 Å². The number of carbonyl (C=O) groups excluding carboxylic acids is 1. The van der Waals surface area contributed by atoms with Crippen LogP contribution in [0.1, 0.15) is 15.9 Å². The lowest BCUT2D eigenvalue weighted by molar-refractivity contribution is 0.102. The minimum absolute atomic E-state index is 0.165. The summed E-state index contributed by atoms with van der Waals surface area (Å²) < 4.78 is 0.845. The molecule has 0 aliphatic carbocycles. The summed E-state index contributed by atoms with van der Waals surface area (Å²) in [5.41, 5.74) is 2.21. The Morgan fingerprint density at radius 2 is 1.94 bits per heavy atom. The fourth-order valence-corrected chi connectivity index (χ4v) is 2.15. The van der Waals surface area contributed by atoms with Crippen molar-refractivity contribution < 1.29 is 4.79 Å². The van der Waals surface area contributed by atoms with Gasteiger partial charge in [-0.25, -0.2) is 0 Å². The van der Waals surface area contributed by atoms with Gasteiger partial charge in [0.2, 0.25) is 0 Å². The van der Waals surface area contributed by atoms with Crippen molar-refractivity contribution in [3.05, 3.63) is 63.1 Å². The zero-order valence-electron chi connectivity index (χ0n) is 9.71. The molecule has 0 bridgehead atoms. The van der Waals surface area contributed by atoms with E-state index in [1.807, 2.05) is 37.3 Å². The highest BCUT2D eigenvalue weighted by atomic mass is 79.9. The van der Waals surface area contributed by atoms with Crippen molar-refractivity contribution in [2.75, 3.05) is 5.32 Å². The van der Waals surface area contributed by atoms with Crippen molar-refractivity contribution in [3.8, 4) is 0 Å². The summed E-state index contributed by atoms with van der Waals surface area (Å²) in [7, 11) is 0. The second-order valence-corrected chi connectivity index (χ2v) is 5.18. The molecular formula is C14H11BrClNO. The predicted molar refractivity (Wildman–Crippen MR) is 78.3 cm³/mol. The van der Waals surface area contributed by atoms with Crippen LogP contribution in [0.4, 0.5) is 5.69 Å². The second kappa shape index (κ2) is 5.55. The van der Waals surface area contributed by atoms with E-state index in [1.165, 1.54) is 0 Å². The summed E-state index contributed by atoms with van der Waals surface area (Å²) in [5, 5.41) is 3.40. The van der Waals surface area contributed by atoms with Crippen LogP contribution in [0.25, 0.3) is 0 Å². The molecule has 0 spiro atoms. The number of benzene rings is 2. The van der Waals surface area contributed by atoms with Gasteiger partial charge in [0.25, 0.3) is 5.91 Å². The fourth-order valence-electron chi connectivity index (χ4n) is 1.59. The van der Waals surface area contributed by atoms with E-state index < -0.39 is 0 Å². The number of carbonyl (C=O) groups is 1. The first-order valence-electron chi connectivity index (χ1n) is 5.40. The molecule has 0 saturated heterocycles. The van der Waals surface area contributed by atoms with Gasteiger partial charge in [-0.05, 0) is 52.7 Å². The molecular weight excluding hydrogens is 314 g/mol. The normalized spacial score (nSPS) is 10.2. The molecule has 1 amide bonds. The summed E-state index contributed by atoms with van der Waals surface area (Å²) in [5.74, 6) is -0.165. The van der Waals surface area contributed by atoms with Gasteiger partial charge in [-0.3, -0.25) is 4.79 Å². The number of halogens is 2. The van der Waals surface area contributed by atoms with E-state index in [1.54, 1.807) is 12.1 Å². The number of hydrogen-bond acceptors (Lipinski definition) is 1. The van der Waals surface area contributed by atoms with Gasteiger partial charge in [0.15, 0.2) is 0 Å². The number of nitrogens with one attached hydrogen (secondary N) is 1. The molecule has 18 heavy (non-hydrogen) atoms. The van der Waals surface area contributed by atoms with Crippen molar-refractivity contribution in [2.24, 2.45) is 0 Å². The Balaban J connectivity index is 2.28. The second-order valence-electron chi connectivity index (χ2n) is 3.89. The summed E-state index contributed by atoms with van der Waals surface area (Å²) >= 11 is 9.30. The Morgan fingerprint density at radius 3 is 2.67 bits per heavy atom. The number of rotatable bonds is 2. The molecule has 2 aromatic carbocycles. The predicted octanol–water partition coefficient (Wildman–Crippen LogP) is 4.66. The molecule has 0 fully saturated rings. The summed E-state index contributed by atoms with van der Waals surface area (Å²) in [6.45, 7) is 1.88. The third-order valence-electron chi connectivity index (χ3n) is 2.57. The maximum Gasteiger partial charge on any atom is 0.256 e. The Kier molecular flexibility index (Phi) is 4.04. The SMILES string of the molecule is Cc1ccc(Cl)cc1C(=O)Nc1ccccc1Br. The van der Waals surface area contributed by atoms with E-state index in [0.717, 1.165) is 15.7 Å². The van der Waals surface area contributed by atoms with E-state index in [4.69, 9.17) is 11.6 Å². The Hall–Kier alpha value is -1.32. The molecule has 1 N–H and O–H groups in total. The van der Waals surface area contributed by atoms with Crippen LogP contribution in [-0.4, -0.2) is 5.91 Å². The zero-order chi connectivity index (χ0) is 13.1. The van der Waals surface area contributed by atoms with Crippen LogP contribution in [0.2, 0.25) is 5.02 Å². The third-order valence-corrected chi connectivity index (χ3v) is 3.49. The molecule has 0 saturated carbocycles. The molecule has 4 heteroatoms. The number of para-hydroxylation sites is 1. The topological polar surface area (TPSA) is 29.1 Å². The lowest BCUT2D eigenvalue weighted by Crippen LogP contribution is -2.13. The van der Waals surface area contributed by atoms with Gasteiger partial charge in [0.05, 0.1) is 5.69 Å². The number of hydrogen-bond donors (Lipinski definition) is 1.